The molecule has 36 heavy (non-hydrogen) atoms. The summed E-state index contributed by atoms with van der Waals surface area (Å²) in [5.41, 5.74) is 0.760. The lowest BCUT2D eigenvalue weighted by atomic mass is 10.1. The number of esters is 4. The molecule has 0 amide bonds. The lowest BCUT2D eigenvalue weighted by Gasteiger charge is -2.16. The lowest BCUT2D eigenvalue weighted by Crippen LogP contribution is -2.25. The molecule has 3 aromatic rings. The fourth-order valence-electron chi connectivity index (χ4n) is 3.10. The molecule has 0 aliphatic rings. The van der Waals surface area contributed by atoms with Crippen molar-refractivity contribution in [1.82, 2.24) is 0 Å². The third-order valence-electron chi connectivity index (χ3n) is 4.90. The Balaban J connectivity index is 1.51. The van der Waals surface area contributed by atoms with Gasteiger partial charge in [-0.3, -0.25) is 0 Å². The Labute approximate surface area is 208 Å². The zero-order valence-electron chi connectivity index (χ0n) is 19.9. The molecule has 0 saturated heterocycles. The van der Waals surface area contributed by atoms with E-state index in [0.717, 1.165) is 0 Å². The van der Waals surface area contributed by atoms with Crippen LogP contribution in [0.2, 0.25) is 0 Å². The van der Waals surface area contributed by atoms with Gasteiger partial charge in [-0.05, 0) is 50.2 Å². The largest absolute Gasteiger partial charge is 0.458 e. The molecular formula is C28H26O8. The second-order valence-electron chi connectivity index (χ2n) is 7.91. The summed E-state index contributed by atoms with van der Waals surface area (Å²) >= 11 is 0. The Morgan fingerprint density at radius 1 is 0.528 bits per heavy atom. The Morgan fingerprint density at radius 2 is 0.861 bits per heavy atom. The van der Waals surface area contributed by atoms with Gasteiger partial charge in [0.15, 0.2) is 0 Å². The van der Waals surface area contributed by atoms with Gasteiger partial charge >= 0.3 is 23.9 Å². The number of carbonyl (C=O) groups is 4. The van der Waals surface area contributed by atoms with Crippen molar-refractivity contribution in [3.63, 3.8) is 0 Å². The summed E-state index contributed by atoms with van der Waals surface area (Å²) in [7, 11) is 0. The molecule has 2 unspecified atom stereocenters. The van der Waals surface area contributed by atoms with Crippen LogP contribution < -0.4 is 0 Å². The molecule has 3 rings (SSSR count). The summed E-state index contributed by atoms with van der Waals surface area (Å²) in [4.78, 5) is 49.5. The fraction of sp³-hybridized carbons (Fsp3) is 0.214. The SMILES string of the molecule is CC(COC(=O)c1ccccc1C(=O)OCC(C)OC(=O)c1ccccc1)OC(=O)c1ccccc1. The molecule has 8 heteroatoms. The number of ether oxygens (including phenoxy) is 4. The normalized spacial score (nSPS) is 12.1. The third-order valence-corrected chi connectivity index (χ3v) is 4.90. The highest BCUT2D eigenvalue weighted by molar-refractivity contribution is 6.03. The predicted octanol–water partition coefficient (Wildman–Crippen LogP) is 4.49. The molecule has 186 valence electrons. The van der Waals surface area contributed by atoms with Crippen molar-refractivity contribution in [2.75, 3.05) is 13.2 Å². The first-order valence-electron chi connectivity index (χ1n) is 11.3. The van der Waals surface area contributed by atoms with E-state index in [1.807, 2.05) is 0 Å². The topological polar surface area (TPSA) is 105 Å². The highest BCUT2D eigenvalue weighted by Crippen LogP contribution is 2.14. The Bertz CT molecular complexity index is 1100. The maximum Gasteiger partial charge on any atom is 0.339 e. The minimum absolute atomic E-state index is 0.00183. The van der Waals surface area contributed by atoms with Crippen LogP contribution in [0.3, 0.4) is 0 Å². The van der Waals surface area contributed by atoms with E-state index in [-0.39, 0.29) is 24.3 Å². The second kappa shape index (κ2) is 12.9. The molecule has 0 spiro atoms. The summed E-state index contributed by atoms with van der Waals surface area (Å²) < 4.78 is 21.1. The second-order valence-corrected chi connectivity index (χ2v) is 7.91. The van der Waals surface area contributed by atoms with Gasteiger partial charge in [-0.25, -0.2) is 19.2 Å². The minimum Gasteiger partial charge on any atom is -0.458 e. The Morgan fingerprint density at radius 3 is 1.22 bits per heavy atom. The number of rotatable bonds is 10. The van der Waals surface area contributed by atoms with Gasteiger partial charge in [0.2, 0.25) is 0 Å². The average molecular weight is 491 g/mol. The van der Waals surface area contributed by atoms with Crippen LogP contribution in [0, 0.1) is 0 Å². The summed E-state index contributed by atoms with van der Waals surface area (Å²) in [6.45, 7) is 2.78. The van der Waals surface area contributed by atoms with Gasteiger partial charge in [0.1, 0.15) is 25.4 Å². The summed E-state index contributed by atoms with van der Waals surface area (Å²) in [6, 6.07) is 22.9. The zero-order valence-corrected chi connectivity index (χ0v) is 19.9. The van der Waals surface area contributed by atoms with Gasteiger partial charge in [0.25, 0.3) is 0 Å². The molecule has 8 nitrogen and oxygen atoms in total. The van der Waals surface area contributed by atoms with Crippen molar-refractivity contribution in [2.45, 2.75) is 26.1 Å². The number of carbonyl (C=O) groups excluding carboxylic acids is 4. The van der Waals surface area contributed by atoms with Crippen LogP contribution >= 0.6 is 0 Å². The summed E-state index contributed by atoms with van der Waals surface area (Å²) in [5.74, 6) is -2.61. The van der Waals surface area contributed by atoms with E-state index < -0.39 is 36.1 Å². The van der Waals surface area contributed by atoms with E-state index >= 15 is 0 Å². The van der Waals surface area contributed by atoms with Crippen molar-refractivity contribution in [3.05, 3.63) is 107 Å². The zero-order chi connectivity index (χ0) is 25.9. The molecule has 3 aromatic carbocycles. The molecule has 0 radical (unpaired) electrons. The summed E-state index contributed by atoms with van der Waals surface area (Å²) in [6.07, 6.45) is -1.41. The van der Waals surface area contributed by atoms with Gasteiger partial charge in [0, 0.05) is 0 Å². The van der Waals surface area contributed by atoms with Crippen LogP contribution in [0.5, 0.6) is 0 Å². The van der Waals surface area contributed by atoms with Crippen molar-refractivity contribution < 1.29 is 38.1 Å². The van der Waals surface area contributed by atoms with Crippen molar-refractivity contribution in [1.29, 1.82) is 0 Å². The van der Waals surface area contributed by atoms with Gasteiger partial charge < -0.3 is 18.9 Å². The Kier molecular flexibility index (Phi) is 9.33. The third kappa shape index (κ3) is 7.53. The van der Waals surface area contributed by atoms with Crippen LogP contribution in [-0.4, -0.2) is 49.3 Å². The molecule has 0 heterocycles. The maximum atomic E-state index is 12.6. The quantitative estimate of drug-likeness (QED) is 0.302. The van der Waals surface area contributed by atoms with E-state index in [9.17, 15) is 19.2 Å². The van der Waals surface area contributed by atoms with E-state index in [0.29, 0.717) is 11.1 Å². The molecule has 0 aromatic heterocycles. The monoisotopic (exact) mass is 490 g/mol. The molecule has 0 aliphatic carbocycles. The molecule has 0 fully saturated rings. The molecular weight excluding hydrogens is 464 g/mol. The molecule has 0 bridgehead atoms. The van der Waals surface area contributed by atoms with Crippen LogP contribution in [0.4, 0.5) is 0 Å². The van der Waals surface area contributed by atoms with Crippen molar-refractivity contribution in [2.24, 2.45) is 0 Å². The maximum absolute atomic E-state index is 12.6. The van der Waals surface area contributed by atoms with Crippen molar-refractivity contribution >= 4 is 23.9 Å². The fourth-order valence-corrected chi connectivity index (χ4v) is 3.10. The van der Waals surface area contributed by atoms with Gasteiger partial charge in [-0.1, -0.05) is 48.5 Å². The lowest BCUT2D eigenvalue weighted by molar-refractivity contribution is 0.00279. The molecule has 0 aliphatic heterocycles. The Hall–Kier alpha value is -4.46. The van der Waals surface area contributed by atoms with Crippen LogP contribution in [-0.2, 0) is 18.9 Å². The first-order valence-corrected chi connectivity index (χ1v) is 11.3. The van der Waals surface area contributed by atoms with Gasteiger partial charge in [-0.2, -0.15) is 0 Å². The smallest absolute Gasteiger partial charge is 0.339 e. The highest BCUT2D eigenvalue weighted by Gasteiger charge is 2.22. The van der Waals surface area contributed by atoms with E-state index in [4.69, 9.17) is 18.9 Å². The highest BCUT2D eigenvalue weighted by atomic mass is 16.6. The average Bonchev–Trinajstić information content (AvgIpc) is 2.91. The predicted molar refractivity (Wildman–Crippen MR) is 130 cm³/mol. The van der Waals surface area contributed by atoms with E-state index in [1.165, 1.54) is 12.1 Å². The number of hydrogen-bond donors (Lipinski definition) is 0. The van der Waals surface area contributed by atoms with Crippen LogP contribution in [0.1, 0.15) is 55.3 Å². The van der Waals surface area contributed by atoms with Gasteiger partial charge in [0.05, 0.1) is 22.3 Å². The van der Waals surface area contributed by atoms with E-state index in [1.54, 1.807) is 86.6 Å². The first kappa shape index (κ1) is 26.2. The van der Waals surface area contributed by atoms with Gasteiger partial charge in [-0.15, -0.1) is 0 Å². The van der Waals surface area contributed by atoms with Crippen molar-refractivity contribution in [3.8, 4) is 0 Å². The van der Waals surface area contributed by atoms with Crippen LogP contribution in [0.15, 0.2) is 84.9 Å². The summed E-state index contributed by atoms with van der Waals surface area (Å²) in [5, 5.41) is 0. The minimum atomic E-state index is -0.770. The molecule has 2 atom stereocenters. The number of hydrogen-bond acceptors (Lipinski definition) is 8. The van der Waals surface area contributed by atoms with E-state index in [2.05, 4.69) is 0 Å². The van der Waals surface area contributed by atoms with Crippen LogP contribution in [0.25, 0.3) is 0 Å². The first-order chi connectivity index (χ1) is 17.3. The molecule has 0 saturated carbocycles. The molecule has 0 N–H and O–H groups in total. The number of benzene rings is 3. The standard InChI is InChI=1S/C28H26O8/c1-19(35-25(29)21-11-5-3-6-12-21)17-33-27(31)23-15-9-10-16-24(23)28(32)34-18-20(2)36-26(30)22-13-7-4-8-14-22/h3-16,19-20H,17-18H2,1-2H3.